The number of carbonyl (C=O) groups is 1. The zero-order valence-electron chi connectivity index (χ0n) is 9.84. The summed E-state index contributed by atoms with van der Waals surface area (Å²) in [5, 5.41) is 8.94. The van der Waals surface area contributed by atoms with Gasteiger partial charge >= 0.3 is 0 Å². The average Bonchev–Trinajstić information content (AvgIpc) is 2.78. The van der Waals surface area contributed by atoms with E-state index in [4.69, 9.17) is 9.84 Å². The Labute approximate surface area is 101 Å². The van der Waals surface area contributed by atoms with E-state index in [1.54, 1.807) is 0 Å². The van der Waals surface area contributed by atoms with Crippen molar-refractivity contribution in [1.82, 2.24) is 0 Å². The molecule has 1 aliphatic heterocycles. The summed E-state index contributed by atoms with van der Waals surface area (Å²) in [6, 6.07) is 9.75. The molecular weight excluding hydrogens is 216 g/mol. The summed E-state index contributed by atoms with van der Waals surface area (Å²) >= 11 is 0. The van der Waals surface area contributed by atoms with Gasteiger partial charge in [-0.2, -0.15) is 0 Å². The third kappa shape index (κ3) is 3.65. The van der Waals surface area contributed by atoms with E-state index < -0.39 is 0 Å². The number of hydrogen-bond donors (Lipinski definition) is 1. The van der Waals surface area contributed by atoms with E-state index in [0.717, 1.165) is 18.4 Å². The van der Waals surface area contributed by atoms with E-state index in [1.807, 2.05) is 30.3 Å². The fraction of sp³-hybridized carbons (Fsp3) is 0.500. The Bertz CT molecular complexity index is 361. The van der Waals surface area contributed by atoms with Crippen LogP contribution in [0.3, 0.4) is 0 Å². The minimum Gasteiger partial charge on any atom is -0.394 e. The quantitative estimate of drug-likeness (QED) is 0.844. The third-order valence-electron chi connectivity index (χ3n) is 3.10. The van der Waals surface area contributed by atoms with Crippen molar-refractivity contribution in [3.05, 3.63) is 35.9 Å². The van der Waals surface area contributed by atoms with Crippen LogP contribution in [0.2, 0.25) is 0 Å². The smallest absolute Gasteiger partial charge is 0.139 e. The van der Waals surface area contributed by atoms with Gasteiger partial charge in [-0.25, -0.2) is 0 Å². The lowest BCUT2D eigenvalue weighted by Gasteiger charge is -2.11. The largest absolute Gasteiger partial charge is 0.394 e. The van der Waals surface area contributed by atoms with E-state index in [2.05, 4.69) is 0 Å². The number of hydrogen-bond acceptors (Lipinski definition) is 3. The standard InChI is InChI=1S/C14H18O3/c15-10-14-7-6-13(17-14)9-12(16)8-11-4-2-1-3-5-11/h1-5,13-15H,6-10H2/t13-,14+/m0/s1. The first kappa shape index (κ1) is 12.3. The molecule has 2 rings (SSSR count). The highest BCUT2D eigenvalue weighted by molar-refractivity contribution is 5.81. The predicted molar refractivity (Wildman–Crippen MR) is 64.8 cm³/mol. The van der Waals surface area contributed by atoms with E-state index in [9.17, 15) is 4.79 Å². The Balaban J connectivity index is 1.78. The number of benzene rings is 1. The highest BCUT2D eigenvalue weighted by atomic mass is 16.5. The van der Waals surface area contributed by atoms with Crippen LogP contribution in [-0.2, 0) is 16.0 Å². The van der Waals surface area contributed by atoms with Crippen LogP contribution in [0.5, 0.6) is 0 Å². The number of aliphatic hydroxyl groups excluding tert-OH is 1. The molecule has 0 saturated carbocycles. The van der Waals surface area contributed by atoms with Crippen LogP contribution >= 0.6 is 0 Å². The second-order valence-electron chi connectivity index (χ2n) is 4.55. The number of Topliss-reactive ketones (excluding diaryl/α,β-unsaturated/α-hetero) is 1. The summed E-state index contributed by atoms with van der Waals surface area (Å²) in [5.74, 6) is 0.208. The molecule has 1 N–H and O–H groups in total. The molecule has 0 bridgehead atoms. The van der Waals surface area contributed by atoms with Gasteiger partial charge < -0.3 is 9.84 Å². The fourth-order valence-corrected chi connectivity index (χ4v) is 2.21. The van der Waals surface area contributed by atoms with Crippen LogP contribution in [-0.4, -0.2) is 29.7 Å². The zero-order valence-corrected chi connectivity index (χ0v) is 9.84. The lowest BCUT2D eigenvalue weighted by atomic mass is 10.0. The molecule has 1 heterocycles. The van der Waals surface area contributed by atoms with Gasteiger partial charge in [0.15, 0.2) is 0 Å². The van der Waals surface area contributed by atoms with Crippen molar-refractivity contribution in [2.24, 2.45) is 0 Å². The predicted octanol–water partition coefficient (Wildman–Crippen LogP) is 1.73. The van der Waals surface area contributed by atoms with Gasteiger partial charge in [-0.05, 0) is 18.4 Å². The molecule has 0 unspecified atom stereocenters. The van der Waals surface area contributed by atoms with Crippen LogP contribution in [0.15, 0.2) is 30.3 Å². The third-order valence-corrected chi connectivity index (χ3v) is 3.10. The molecule has 3 nitrogen and oxygen atoms in total. The lowest BCUT2D eigenvalue weighted by Crippen LogP contribution is -2.18. The van der Waals surface area contributed by atoms with Gasteiger partial charge in [0.25, 0.3) is 0 Å². The first-order chi connectivity index (χ1) is 8.28. The van der Waals surface area contributed by atoms with Crippen LogP contribution in [0.25, 0.3) is 0 Å². The topological polar surface area (TPSA) is 46.5 Å². The van der Waals surface area contributed by atoms with Gasteiger partial charge in [-0.1, -0.05) is 30.3 Å². The number of ether oxygens (including phenoxy) is 1. The van der Waals surface area contributed by atoms with Gasteiger partial charge in [-0.3, -0.25) is 4.79 Å². The highest BCUT2D eigenvalue weighted by Crippen LogP contribution is 2.22. The van der Waals surface area contributed by atoms with Crippen molar-refractivity contribution in [2.45, 2.75) is 37.9 Å². The second kappa shape index (κ2) is 5.94. The SMILES string of the molecule is O=C(Cc1ccccc1)C[C@@H]1CC[C@H](CO)O1. The number of aliphatic hydroxyl groups is 1. The molecule has 17 heavy (non-hydrogen) atoms. The highest BCUT2D eigenvalue weighted by Gasteiger charge is 2.26. The van der Waals surface area contributed by atoms with Crippen LogP contribution in [0.4, 0.5) is 0 Å². The van der Waals surface area contributed by atoms with Crippen molar-refractivity contribution in [1.29, 1.82) is 0 Å². The Morgan fingerprint density at radius 2 is 1.94 bits per heavy atom. The van der Waals surface area contributed by atoms with Crippen molar-refractivity contribution in [2.75, 3.05) is 6.61 Å². The summed E-state index contributed by atoms with van der Waals surface area (Å²) in [6.07, 6.45) is 2.62. The monoisotopic (exact) mass is 234 g/mol. The van der Waals surface area contributed by atoms with Crippen molar-refractivity contribution >= 4 is 5.78 Å². The van der Waals surface area contributed by atoms with Gasteiger partial charge in [0.1, 0.15) is 5.78 Å². The number of rotatable bonds is 5. The molecular formula is C14H18O3. The summed E-state index contributed by atoms with van der Waals surface area (Å²) in [7, 11) is 0. The van der Waals surface area contributed by atoms with Crippen LogP contribution in [0.1, 0.15) is 24.8 Å². The normalized spacial score (nSPS) is 23.8. The maximum Gasteiger partial charge on any atom is 0.139 e. The molecule has 1 aliphatic rings. The maximum absolute atomic E-state index is 11.8. The molecule has 0 radical (unpaired) electrons. The molecule has 1 saturated heterocycles. The molecule has 92 valence electrons. The minimum absolute atomic E-state index is 0.00311. The molecule has 3 heteroatoms. The van der Waals surface area contributed by atoms with E-state index in [0.29, 0.717) is 12.8 Å². The first-order valence-electron chi connectivity index (χ1n) is 6.10. The van der Waals surface area contributed by atoms with Crippen molar-refractivity contribution in [3.8, 4) is 0 Å². The second-order valence-corrected chi connectivity index (χ2v) is 4.55. The minimum atomic E-state index is -0.0653. The lowest BCUT2D eigenvalue weighted by molar-refractivity contribution is -0.121. The van der Waals surface area contributed by atoms with Gasteiger partial charge in [0.2, 0.25) is 0 Å². The molecule has 0 aliphatic carbocycles. The number of ketones is 1. The van der Waals surface area contributed by atoms with Gasteiger partial charge in [-0.15, -0.1) is 0 Å². The molecule has 0 aromatic heterocycles. The first-order valence-corrected chi connectivity index (χ1v) is 6.10. The summed E-state index contributed by atoms with van der Waals surface area (Å²) in [5.41, 5.74) is 1.05. The summed E-state index contributed by atoms with van der Waals surface area (Å²) < 4.78 is 5.55. The Kier molecular flexibility index (Phi) is 4.29. The van der Waals surface area contributed by atoms with Crippen LogP contribution < -0.4 is 0 Å². The van der Waals surface area contributed by atoms with Crippen LogP contribution in [0, 0.1) is 0 Å². The average molecular weight is 234 g/mol. The van der Waals surface area contributed by atoms with E-state index in [1.165, 1.54) is 0 Å². The van der Waals surface area contributed by atoms with Gasteiger partial charge in [0.05, 0.1) is 18.8 Å². The summed E-state index contributed by atoms with van der Waals surface area (Å²) in [6.45, 7) is 0.0589. The Morgan fingerprint density at radius 3 is 2.59 bits per heavy atom. The van der Waals surface area contributed by atoms with Crippen molar-refractivity contribution in [3.63, 3.8) is 0 Å². The summed E-state index contributed by atoms with van der Waals surface area (Å²) in [4.78, 5) is 11.8. The molecule has 1 aromatic rings. The molecule has 1 aromatic carbocycles. The molecule has 1 fully saturated rings. The van der Waals surface area contributed by atoms with Crippen molar-refractivity contribution < 1.29 is 14.6 Å². The maximum atomic E-state index is 11.8. The van der Waals surface area contributed by atoms with Gasteiger partial charge in [0, 0.05) is 12.8 Å². The molecule has 2 atom stereocenters. The zero-order chi connectivity index (χ0) is 12.1. The number of carbonyl (C=O) groups excluding carboxylic acids is 1. The Hall–Kier alpha value is -1.19. The fourth-order valence-electron chi connectivity index (χ4n) is 2.21. The van der Waals surface area contributed by atoms with E-state index >= 15 is 0 Å². The molecule has 0 spiro atoms. The van der Waals surface area contributed by atoms with E-state index in [-0.39, 0.29) is 24.6 Å². The molecule has 0 amide bonds. The Morgan fingerprint density at radius 1 is 1.24 bits per heavy atom.